The number of aliphatic imine (C=N–C) groups is 1. The van der Waals surface area contributed by atoms with Crippen molar-refractivity contribution in [2.24, 2.45) is 21.2 Å². The van der Waals surface area contributed by atoms with Crippen LogP contribution in [0.15, 0.2) is 4.99 Å². The maximum atomic E-state index is 12.6. The minimum atomic E-state index is -0.0925. The van der Waals surface area contributed by atoms with Crippen molar-refractivity contribution in [2.45, 2.75) is 58.9 Å². The molecule has 3 atom stereocenters. The Kier molecular flexibility index (Phi) is 4.86. The van der Waals surface area contributed by atoms with Gasteiger partial charge in [0.15, 0.2) is 0 Å². The molecule has 7 heteroatoms. The summed E-state index contributed by atoms with van der Waals surface area (Å²) in [6, 6.07) is -0.0787. The predicted octanol–water partition coefficient (Wildman–Crippen LogP) is 1.83. The van der Waals surface area contributed by atoms with Gasteiger partial charge < -0.3 is 15.5 Å². The van der Waals surface area contributed by atoms with Crippen LogP contribution in [0, 0.1) is 16.2 Å². The first-order chi connectivity index (χ1) is 12.1. The molecular weight excluding hydrogens is 332 g/mol. The van der Waals surface area contributed by atoms with Crippen LogP contribution in [0.3, 0.4) is 0 Å². The highest BCUT2D eigenvalue weighted by atomic mass is 16.2. The van der Waals surface area contributed by atoms with Gasteiger partial charge in [0.1, 0.15) is 0 Å². The van der Waals surface area contributed by atoms with Crippen molar-refractivity contribution in [3.05, 3.63) is 0 Å². The summed E-state index contributed by atoms with van der Waals surface area (Å²) in [7, 11) is 0. The van der Waals surface area contributed by atoms with Crippen molar-refractivity contribution in [3.63, 3.8) is 0 Å². The summed E-state index contributed by atoms with van der Waals surface area (Å²) < 4.78 is 0. The van der Waals surface area contributed by atoms with Crippen molar-refractivity contribution in [1.82, 2.24) is 15.5 Å². The lowest BCUT2D eigenvalue weighted by molar-refractivity contribution is -0.119. The standard InChI is InChI=1S/C19H30N4O3/c1-17(2)6-14(22-13-24)7-18(3,9-17)10-21-16(26)23-5-4-19(12-23)8-15(25)20-11-19/h14H,4-12H2,1-3H3,(H,20,25)(H,21,26). The van der Waals surface area contributed by atoms with E-state index in [1.54, 1.807) is 6.08 Å². The summed E-state index contributed by atoms with van der Waals surface area (Å²) in [6.45, 7) is 9.11. The molecule has 26 heavy (non-hydrogen) atoms. The molecule has 0 aromatic rings. The largest absolute Gasteiger partial charge is 0.355 e. The zero-order valence-corrected chi connectivity index (χ0v) is 16.1. The van der Waals surface area contributed by atoms with Gasteiger partial charge in [-0.15, -0.1) is 0 Å². The molecule has 0 bridgehead atoms. The van der Waals surface area contributed by atoms with Gasteiger partial charge in [-0.2, -0.15) is 0 Å². The molecule has 0 aromatic carbocycles. The van der Waals surface area contributed by atoms with E-state index in [1.807, 2.05) is 4.90 Å². The molecule has 7 nitrogen and oxygen atoms in total. The van der Waals surface area contributed by atoms with Gasteiger partial charge in [0, 0.05) is 38.0 Å². The molecule has 2 N–H and O–H groups in total. The average molecular weight is 362 g/mol. The van der Waals surface area contributed by atoms with Crippen LogP contribution in [-0.2, 0) is 9.59 Å². The lowest BCUT2D eigenvalue weighted by Gasteiger charge is -2.45. The first kappa shape index (κ1) is 18.9. The van der Waals surface area contributed by atoms with Gasteiger partial charge in [-0.25, -0.2) is 14.6 Å². The van der Waals surface area contributed by atoms with Crippen molar-refractivity contribution in [3.8, 4) is 0 Å². The molecule has 3 fully saturated rings. The Hall–Kier alpha value is -1.88. The number of likely N-dealkylation sites (tertiary alicyclic amines) is 1. The molecule has 0 aromatic heterocycles. The third-order valence-electron chi connectivity index (χ3n) is 6.25. The summed E-state index contributed by atoms with van der Waals surface area (Å²) in [4.78, 5) is 40.7. The van der Waals surface area contributed by atoms with Gasteiger partial charge in [0.05, 0.1) is 6.04 Å². The molecule has 144 valence electrons. The molecule has 2 saturated heterocycles. The van der Waals surface area contributed by atoms with Crippen LogP contribution in [0.2, 0.25) is 0 Å². The topological polar surface area (TPSA) is 90.9 Å². The minimum absolute atomic E-state index is 0.0243. The minimum Gasteiger partial charge on any atom is -0.355 e. The molecule has 0 radical (unpaired) electrons. The van der Waals surface area contributed by atoms with E-state index in [9.17, 15) is 14.4 Å². The molecule has 3 unspecified atom stereocenters. The number of nitrogens with one attached hydrogen (secondary N) is 2. The number of rotatable bonds is 3. The third kappa shape index (κ3) is 4.09. The van der Waals surface area contributed by atoms with Crippen molar-refractivity contribution in [1.29, 1.82) is 0 Å². The number of carbonyl (C=O) groups is 2. The van der Waals surface area contributed by atoms with E-state index in [2.05, 4.69) is 36.4 Å². The Bertz CT molecular complexity index is 643. The highest BCUT2D eigenvalue weighted by molar-refractivity contribution is 5.80. The maximum Gasteiger partial charge on any atom is 0.317 e. The molecular formula is C19H30N4O3. The normalized spacial score (nSPS) is 35.9. The second kappa shape index (κ2) is 6.69. The van der Waals surface area contributed by atoms with Crippen LogP contribution in [0.4, 0.5) is 4.79 Å². The fraction of sp³-hybridized carbons (Fsp3) is 0.842. The third-order valence-corrected chi connectivity index (χ3v) is 6.25. The summed E-state index contributed by atoms with van der Waals surface area (Å²) in [5.74, 6) is 0.0889. The molecule has 1 saturated carbocycles. The fourth-order valence-electron chi connectivity index (χ4n) is 5.43. The fourth-order valence-corrected chi connectivity index (χ4v) is 5.43. The average Bonchev–Trinajstić information content (AvgIpc) is 3.10. The molecule has 2 aliphatic heterocycles. The number of hydrogen-bond acceptors (Lipinski definition) is 4. The van der Waals surface area contributed by atoms with E-state index < -0.39 is 0 Å². The van der Waals surface area contributed by atoms with Crippen molar-refractivity contribution < 1.29 is 14.4 Å². The number of hydrogen-bond donors (Lipinski definition) is 2. The predicted molar refractivity (Wildman–Crippen MR) is 97.3 cm³/mol. The number of isocyanates is 1. The quantitative estimate of drug-likeness (QED) is 0.593. The van der Waals surface area contributed by atoms with Gasteiger partial charge >= 0.3 is 6.03 Å². The molecule has 1 spiro atoms. The summed E-state index contributed by atoms with van der Waals surface area (Å²) in [5.41, 5.74) is -0.0873. The Labute approximate surface area is 155 Å². The second-order valence-electron chi connectivity index (χ2n) is 9.72. The zero-order valence-electron chi connectivity index (χ0n) is 16.1. The van der Waals surface area contributed by atoms with E-state index in [0.29, 0.717) is 32.6 Å². The lowest BCUT2D eigenvalue weighted by Crippen LogP contribution is -2.48. The Morgan fingerprint density at radius 2 is 2.15 bits per heavy atom. The molecule has 3 rings (SSSR count). The van der Waals surface area contributed by atoms with Crippen LogP contribution in [0.25, 0.3) is 0 Å². The van der Waals surface area contributed by atoms with Crippen molar-refractivity contribution >= 4 is 18.0 Å². The highest BCUT2D eigenvalue weighted by Crippen LogP contribution is 2.46. The van der Waals surface area contributed by atoms with Crippen LogP contribution >= 0.6 is 0 Å². The van der Waals surface area contributed by atoms with Gasteiger partial charge in [-0.05, 0) is 36.5 Å². The maximum absolute atomic E-state index is 12.6. The van der Waals surface area contributed by atoms with Crippen LogP contribution in [0.1, 0.15) is 52.9 Å². The van der Waals surface area contributed by atoms with E-state index in [1.165, 1.54) is 0 Å². The van der Waals surface area contributed by atoms with E-state index in [0.717, 1.165) is 25.7 Å². The Morgan fingerprint density at radius 1 is 1.38 bits per heavy atom. The zero-order chi connectivity index (χ0) is 19.0. The monoisotopic (exact) mass is 362 g/mol. The van der Waals surface area contributed by atoms with E-state index >= 15 is 0 Å². The van der Waals surface area contributed by atoms with E-state index in [-0.39, 0.29) is 34.2 Å². The SMILES string of the molecule is CC1(C)CC(N=C=O)CC(C)(CNC(=O)N2CCC3(CNC(=O)C3)C2)C1. The van der Waals surface area contributed by atoms with Gasteiger partial charge in [0.2, 0.25) is 12.0 Å². The number of amides is 3. The second-order valence-corrected chi connectivity index (χ2v) is 9.72. The van der Waals surface area contributed by atoms with Crippen LogP contribution < -0.4 is 10.6 Å². The lowest BCUT2D eigenvalue weighted by atomic mass is 9.63. The molecule has 3 aliphatic rings. The molecule has 1 aliphatic carbocycles. The molecule has 3 amide bonds. The summed E-state index contributed by atoms with van der Waals surface area (Å²) in [6.07, 6.45) is 5.74. The van der Waals surface area contributed by atoms with Crippen molar-refractivity contribution in [2.75, 3.05) is 26.2 Å². The molecule has 2 heterocycles. The summed E-state index contributed by atoms with van der Waals surface area (Å²) >= 11 is 0. The van der Waals surface area contributed by atoms with E-state index in [4.69, 9.17) is 0 Å². The first-order valence-corrected chi connectivity index (χ1v) is 9.51. The van der Waals surface area contributed by atoms with Gasteiger partial charge in [-0.1, -0.05) is 20.8 Å². The number of urea groups is 1. The van der Waals surface area contributed by atoms with Crippen LogP contribution in [0.5, 0.6) is 0 Å². The number of nitrogens with zero attached hydrogens (tertiary/aromatic N) is 2. The smallest absolute Gasteiger partial charge is 0.317 e. The van der Waals surface area contributed by atoms with Gasteiger partial charge in [-0.3, -0.25) is 4.79 Å². The Morgan fingerprint density at radius 3 is 2.81 bits per heavy atom. The first-order valence-electron chi connectivity index (χ1n) is 9.51. The highest BCUT2D eigenvalue weighted by Gasteiger charge is 2.46. The van der Waals surface area contributed by atoms with Crippen LogP contribution in [-0.4, -0.2) is 55.1 Å². The number of carbonyl (C=O) groups excluding carboxylic acids is 3. The summed E-state index contributed by atoms with van der Waals surface area (Å²) in [5, 5.41) is 5.98. The Balaban J connectivity index is 1.57. The van der Waals surface area contributed by atoms with Gasteiger partial charge in [0.25, 0.3) is 0 Å².